The van der Waals surface area contributed by atoms with E-state index in [-0.39, 0.29) is 0 Å². The van der Waals surface area contributed by atoms with Crippen LogP contribution < -0.4 is 5.73 Å². The van der Waals surface area contributed by atoms with Gasteiger partial charge in [0, 0.05) is 17.3 Å². The van der Waals surface area contributed by atoms with Gasteiger partial charge in [0.1, 0.15) is 0 Å². The number of hydrogen-bond donors (Lipinski definition) is 1. The summed E-state index contributed by atoms with van der Waals surface area (Å²) in [5, 5.41) is 0.847. The molecule has 0 saturated carbocycles. The average molecular weight is 211 g/mol. The summed E-state index contributed by atoms with van der Waals surface area (Å²) >= 11 is 6.15. The van der Waals surface area contributed by atoms with Crippen LogP contribution in [0.2, 0.25) is 5.02 Å². The summed E-state index contributed by atoms with van der Waals surface area (Å²) in [5.41, 5.74) is 7.77. The summed E-state index contributed by atoms with van der Waals surface area (Å²) in [6, 6.07) is 5.75. The minimum absolute atomic E-state index is 0.552. The smallest absolute Gasteiger partial charge is 0.0442 e. The van der Waals surface area contributed by atoms with Gasteiger partial charge in [-0.3, -0.25) is 0 Å². The van der Waals surface area contributed by atoms with Gasteiger partial charge in [-0.2, -0.15) is 0 Å². The highest BCUT2D eigenvalue weighted by Gasteiger charge is 2.22. The van der Waals surface area contributed by atoms with Crippen molar-refractivity contribution in [2.75, 3.05) is 25.9 Å². The van der Waals surface area contributed by atoms with Gasteiger partial charge in [-0.1, -0.05) is 11.6 Å². The molecule has 1 atom stereocenters. The highest BCUT2D eigenvalue weighted by molar-refractivity contribution is 6.31. The lowest BCUT2D eigenvalue weighted by Gasteiger charge is -2.13. The van der Waals surface area contributed by atoms with E-state index in [2.05, 4.69) is 11.9 Å². The number of nitrogens with two attached hydrogens (primary N) is 1. The third-order valence-electron chi connectivity index (χ3n) is 2.85. The molecule has 1 aromatic carbocycles. The van der Waals surface area contributed by atoms with Gasteiger partial charge in [0.2, 0.25) is 0 Å². The van der Waals surface area contributed by atoms with E-state index in [1.165, 1.54) is 12.0 Å². The van der Waals surface area contributed by atoms with Gasteiger partial charge < -0.3 is 10.6 Å². The summed E-state index contributed by atoms with van der Waals surface area (Å²) in [4.78, 5) is 2.32. The van der Waals surface area contributed by atoms with Gasteiger partial charge in [0.15, 0.2) is 0 Å². The first-order valence-corrected chi connectivity index (χ1v) is 5.28. The molecule has 0 radical (unpaired) electrons. The molecule has 2 nitrogen and oxygen atoms in total. The molecule has 0 spiro atoms. The van der Waals surface area contributed by atoms with Crippen LogP contribution in [0.4, 0.5) is 5.69 Å². The topological polar surface area (TPSA) is 29.3 Å². The normalized spacial score (nSPS) is 22.9. The Hall–Kier alpha value is -0.730. The lowest BCUT2D eigenvalue weighted by Crippen LogP contribution is -2.13. The van der Waals surface area contributed by atoms with Crippen LogP contribution in [0.15, 0.2) is 18.2 Å². The zero-order valence-corrected chi connectivity index (χ0v) is 9.09. The first-order valence-electron chi connectivity index (χ1n) is 4.90. The Labute approximate surface area is 89.7 Å². The molecule has 1 unspecified atom stereocenters. The number of hydrogen-bond acceptors (Lipinski definition) is 2. The molecule has 0 aliphatic carbocycles. The Balaban J connectivity index is 2.27. The van der Waals surface area contributed by atoms with Crippen molar-refractivity contribution in [1.82, 2.24) is 4.90 Å². The van der Waals surface area contributed by atoms with Crippen LogP contribution in [-0.4, -0.2) is 25.0 Å². The monoisotopic (exact) mass is 210 g/mol. The van der Waals surface area contributed by atoms with E-state index >= 15 is 0 Å². The SMILES string of the molecule is CN1CCC(c2cc(N)ccc2Cl)C1. The molecule has 14 heavy (non-hydrogen) atoms. The van der Waals surface area contributed by atoms with Gasteiger partial charge in [-0.25, -0.2) is 0 Å². The number of nitrogen functional groups attached to an aromatic ring is 1. The fourth-order valence-electron chi connectivity index (χ4n) is 2.06. The van der Waals surface area contributed by atoms with Crippen molar-refractivity contribution in [2.45, 2.75) is 12.3 Å². The zero-order chi connectivity index (χ0) is 10.1. The zero-order valence-electron chi connectivity index (χ0n) is 8.33. The largest absolute Gasteiger partial charge is 0.399 e. The molecule has 1 aliphatic heterocycles. The molecule has 1 saturated heterocycles. The fourth-order valence-corrected chi connectivity index (χ4v) is 2.34. The van der Waals surface area contributed by atoms with Crippen molar-refractivity contribution in [3.63, 3.8) is 0 Å². The number of halogens is 1. The maximum Gasteiger partial charge on any atom is 0.0442 e. The molecular formula is C11H15ClN2. The van der Waals surface area contributed by atoms with Crippen LogP contribution in [0.1, 0.15) is 17.9 Å². The first-order chi connectivity index (χ1) is 6.66. The fraction of sp³-hybridized carbons (Fsp3) is 0.455. The van der Waals surface area contributed by atoms with E-state index in [1.54, 1.807) is 0 Å². The van der Waals surface area contributed by atoms with Gasteiger partial charge >= 0.3 is 0 Å². The molecule has 0 aromatic heterocycles. The van der Waals surface area contributed by atoms with Crippen LogP contribution in [-0.2, 0) is 0 Å². The lowest BCUT2D eigenvalue weighted by molar-refractivity contribution is 0.411. The third-order valence-corrected chi connectivity index (χ3v) is 3.20. The van der Waals surface area contributed by atoms with Gasteiger partial charge in [-0.05, 0) is 49.7 Å². The predicted octanol–water partition coefficient (Wildman–Crippen LogP) is 2.34. The van der Waals surface area contributed by atoms with Crippen LogP contribution in [0.5, 0.6) is 0 Å². The average Bonchev–Trinajstić information content (AvgIpc) is 2.56. The first kappa shape index (κ1) is 9.81. The van der Waals surface area contributed by atoms with Crippen LogP contribution in [0.3, 0.4) is 0 Å². The van der Waals surface area contributed by atoms with Crippen LogP contribution in [0.25, 0.3) is 0 Å². The van der Waals surface area contributed by atoms with E-state index in [4.69, 9.17) is 17.3 Å². The minimum Gasteiger partial charge on any atom is -0.399 e. The van der Waals surface area contributed by atoms with Gasteiger partial charge in [0.25, 0.3) is 0 Å². The standard InChI is InChI=1S/C11H15ClN2/c1-14-5-4-8(7-14)10-6-9(13)2-3-11(10)12/h2-3,6,8H,4-5,7,13H2,1H3. The molecular weight excluding hydrogens is 196 g/mol. The maximum atomic E-state index is 6.15. The van der Waals surface area contributed by atoms with Crippen molar-refractivity contribution < 1.29 is 0 Å². The lowest BCUT2D eigenvalue weighted by atomic mass is 9.98. The number of nitrogens with zero attached hydrogens (tertiary/aromatic N) is 1. The number of likely N-dealkylation sites (N-methyl/N-ethyl adjacent to an activating group) is 1. The second kappa shape index (κ2) is 3.79. The van der Waals surface area contributed by atoms with E-state index in [9.17, 15) is 0 Å². The van der Waals surface area contributed by atoms with Crippen molar-refractivity contribution in [1.29, 1.82) is 0 Å². The Morgan fingerprint density at radius 1 is 1.50 bits per heavy atom. The molecule has 1 heterocycles. The predicted molar refractivity (Wildman–Crippen MR) is 60.7 cm³/mol. The summed E-state index contributed by atoms with van der Waals surface area (Å²) in [6.45, 7) is 2.24. The summed E-state index contributed by atoms with van der Waals surface area (Å²) in [6.07, 6.45) is 1.18. The number of benzene rings is 1. The molecule has 3 heteroatoms. The molecule has 1 aromatic rings. The Bertz CT molecular complexity index is 338. The van der Waals surface area contributed by atoms with Gasteiger partial charge in [0.05, 0.1) is 0 Å². The summed E-state index contributed by atoms with van der Waals surface area (Å²) < 4.78 is 0. The quantitative estimate of drug-likeness (QED) is 0.721. The Morgan fingerprint density at radius 3 is 2.93 bits per heavy atom. The van der Waals surface area contributed by atoms with Crippen LogP contribution in [0, 0.1) is 0 Å². The van der Waals surface area contributed by atoms with Crippen molar-refractivity contribution in [3.05, 3.63) is 28.8 Å². The number of anilines is 1. The Kier molecular flexibility index (Phi) is 2.66. The Morgan fingerprint density at radius 2 is 2.29 bits per heavy atom. The molecule has 1 fully saturated rings. The van der Waals surface area contributed by atoms with Gasteiger partial charge in [-0.15, -0.1) is 0 Å². The van der Waals surface area contributed by atoms with Crippen molar-refractivity contribution in [2.24, 2.45) is 0 Å². The highest BCUT2D eigenvalue weighted by atomic mass is 35.5. The second-order valence-electron chi connectivity index (χ2n) is 4.03. The molecule has 2 N–H and O–H groups in total. The van der Waals surface area contributed by atoms with Crippen molar-refractivity contribution >= 4 is 17.3 Å². The number of rotatable bonds is 1. The maximum absolute atomic E-state index is 6.15. The molecule has 1 aliphatic rings. The molecule has 76 valence electrons. The third kappa shape index (κ3) is 1.86. The van der Waals surface area contributed by atoms with E-state index in [1.807, 2.05) is 18.2 Å². The summed E-state index contributed by atoms with van der Waals surface area (Å²) in [5.74, 6) is 0.552. The second-order valence-corrected chi connectivity index (χ2v) is 4.44. The minimum atomic E-state index is 0.552. The summed E-state index contributed by atoms with van der Waals surface area (Å²) in [7, 11) is 2.14. The number of likely N-dealkylation sites (tertiary alicyclic amines) is 1. The molecule has 2 rings (SSSR count). The van der Waals surface area contributed by atoms with E-state index in [0.29, 0.717) is 5.92 Å². The molecule has 0 bridgehead atoms. The van der Waals surface area contributed by atoms with Crippen molar-refractivity contribution in [3.8, 4) is 0 Å². The van der Waals surface area contributed by atoms with E-state index in [0.717, 1.165) is 23.8 Å². The molecule has 0 amide bonds. The van der Waals surface area contributed by atoms with Crippen LogP contribution >= 0.6 is 11.6 Å². The highest BCUT2D eigenvalue weighted by Crippen LogP contribution is 2.32. The van der Waals surface area contributed by atoms with E-state index < -0.39 is 0 Å².